The van der Waals surface area contributed by atoms with Crippen molar-refractivity contribution in [1.82, 2.24) is 15.1 Å². The van der Waals surface area contributed by atoms with Crippen molar-refractivity contribution < 1.29 is 0 Å². The summed E-state index contributed by atoms with van der Waals surface area (Å²) in [7, 11) is 3.94. The average molecular weight is 371 g/mol. The van der Waals surface area contributed by atoms with Crippen molar-refractivity contribution in [2.45, 2.75) is 32.7 Å². The number of hydrogen-bond donors (Lipinski definition) is 1. The zero-order valence-electron chi connectivity index (χ0n) is 12.9. The van der Waals surface area contributed by atoms with Crippen molar-refractivity contribution >= 4 is 27.5 Å². The van der Waals surface area contributed by atoms with Crippen LogP contribution in [0, 0.1) is 6.92 Å². The molecule has 0 saturated heterocycles. The normalized spacial score (nSPS) is 12.7. The van der Waals surface area contributed by atoms with Crippen LogP contribution >= 0.6 is 27.5 Å². The van der Waals surface area contributed by atoms with Gasteiger partial charge in [0.1, 0.15) is 0 Å². The lowest BCUT2D eigenvalue weighted by Gasteiger charge is -2.20. The molecule has 114 valence electrons. The highest BCUT2D eigenvalue weighted by molar-refractivity contribution is 9.10. The maximum atomic E-state index is 6.47. The molecule has 0 aliphatic carbocycles. The van der Waals surface area contributed by atoms with Gasteiger partial charge in [0.25, 0.3) is 0 Å². The molecule has 0 amide bonds. The molecule has 1 atom stereocenters. The molecule has 1 aromatic heterocycles. The first-order valence-corrected chi connectivity index (χ1v) is 8.29. The van der Waals surface area contributed by atoms with E-state index in [0.29, 0.717) is 0 Å². The number of aryl methyl sites for hydroxylation is 2. The smallest absolute Gasteiger partial charge is 0.0850 e. The zero-order valence-corrected chi connectivity index (χ0v) is 15.2. The SMILES string of the molecule is CCc1nn(C)c(CC(NC)c2cccc(Br)c2C)c1Cl. The molecule has 0 bridgehead atoms. The van der Waals surface area contributed by atoms with E-state index in [9.17, 15) is 0 Å². The summed E-state index contributed by atoms with van der Waals surface area (Å²) in [5.74, 6) is 0. The van der Waals surface area contributed by atoms with E-state index >= 15 is 0 Å². The molecule has 1 aromatic carbocycles. The lowest BCUT2D eigenvalue weighted by molar-refractivity contribution is 0.558. The molecule has 0 aliphatic heterocycles. The van der Waals surface area contributed by atoms with Crippen LogP contribution in [0.4, 0.5) is 0 Å². The van der Waals surface area contributed by atoms with Gasteiger partial charge in [0.15, 0.2) is 0 Å². The van der Waals surface area contributed by atoms with Gasteiger partial charge in [0.05, 0.1) is 16.4 Å². The summed E-state index contributed by atoms with van der Waals surface area (Å²) in [4.78, 5) is 0. The summed E-state index contributed by atoms with van der Waals surface area (Å²) in [6, 6.07) is 6.50. The Morgan fingerprint density at radius 1 is 1.43 bits per heavy atom. The monoisotopic (exact) mass is 369 g/mol. The third kappa shape index (κ3) is 3.33. The summed E-state index contributed by atoms with van der Waals surface area (Å²) in [6.07, 6.45) is 1.67. The lowest BCUT2D eigenvalue weighted by Crippen LogP contribution is -2.21. The van der Waals surface area contributed by atoms with Gasteiger partial charge in [0, 0.05) is 24.0 Å². The number of rotatable bonds is 5. The van der Waals surface area contributed by atoms with E-state index in [0.717, 1.165) is 33.7 Å². The molecule has 0 aliphatic rings. The first-order valence-electron chi connectivity index (χ1n) is 7.12. The number of nitrogens with zero attached hydrogens (tertiary/aromatic N) is 2. The Bertz CT molecular complexity index is 637. The summed E-state index contributed by atoms with van der Waals surface area (Å²) in [5.41, 5.74) is 4.58. The second-order valence-corrected chi connectivity index (χ2v) is 6.42. The highest BCUT2D eigenvalue weighted by Gasteiger charge is 2.20. The van der Waals surface area contributed by atoms with E-state index in [-0.39, 0.29) is 6.04 Å². The number of benzene rings is 1. The van der Waals surface area contributed by atoms with Crippen molar-refractivity contribution in [2.75, 3.05) is 7.05 Å². The first kappa shape index (κ1) is 16.5. The molecule has 0 fully saturated rings. The van der Waals surface area contributed by atoms with Gasteiger partial charge in [-0.2, -0.15) is 5.10 Å². The maximum absolute atomic E-state index is 6.47. The molecule has 1 unspecified atom stereocenters. The van der Waals surface area contributed by atoms with E-state index < -0.39 is 0 Å². The van der Waals surface area contributed by atoms with Gasteiger partial charge in [-0.25, -0.2) is 0 Å². The van der Waals surface area contributed by atoms with E-state index in [1.54, 1.807) is 0 Å². The molecule has 2 rings (SSSR count). The minimum absolute atomic E-state index is 0.208. The van der Waals surface area contributed by atoms with Crippen LogP contribution < -0.4 is 5.32 Å². The molecule has 2 aromatic rings. The molecule has 21 heavy (non-hydrogen) atoms. The van der Waals surface area contributed by atoms with Gasteiger partial charge < -0.3 is 5.32 Å². The Labute approximate surface area is 139 Å². The van der Waals surface area contributed by atoms with Crippen LogP contribution in [0.25, 0.3) is 0 Å². The Balaban J connectivity index is 2.36. The predicted octanol–water partition coefficient (Wildman–Crippen LogP) is 4.21. The van der Waals surface area contributed by atoms with Gasteiger partial charge in [-0.15, -0.1) is 0 Å². The summed E-state index contributed by atoms with van der Waals surface area (Å²) < 4.78 is 3.03. The average Bonchev–Trinajstić information content (AvgIpc) is 2.74. The molecule has 5 heteroatoms. The van der Waals surface area contributed by atoms with Gasteiger partial charge in [-0.3, -0.25) is 4.68 Å². The van der Waals surface area contributed by atoms with Crippen molar-refractivity contribution in [3.8, 4) is 0 Å². The standard InChI is InChI=1S/C16H21BrClN3/c1-5-13-16(18)15(21(4)20-13)9-14(19-3)11-7-6-8-12(17)10(11)2/h6-8,14,19H,5,9H2,1-4H3. The Morgan fingerprint density at radius 2 is 2.14 bits per heavy atom. The molecule has 0 saturated carbocycles. The predicted molar refractivity (Wildman–Crippen MR) is 92.0 cm³/mol. The summed E-state index contributed by atoms with van der Waals surface area (Å²) >= 11 is 10.1. The van der Waals surface area contributed by atoms with Crippen LogP contribution in [0.5, 0.6) is 0 Å². The van der Waals surface area contributed by atoms with Gasteiger partial charge >= 0.3 is 0 Å². The van der Waals surface area contributed by atoms with Crippen molar-refractivity contribution in [3.63, 3.8) is 0 Å². The molecule has 0 spiro atoms. The molecule has 3 nitrogen and oxygen atoms in total. The van der Waals surface area contributed by atoms with Crippen LogP contribution in [0.15, 0.2) is 22.7 Å². The highest BCUT2D eigenvalue weighted by Crippen LogP contribution is 2.29. The second kappa shape index (κ2) is 6.95. The Morgan fingerprint density at radius 3 is 2.71 bits per heavy atom. The Hall–Kier alpha value is -0.840. The number of nitrogens with one attached hydrogen (secondary N) is 1. The molecular weight excluding hydrogens is 350 g/mol. The molecule has 1 heterocycles. The zero-order chi connectivity index (χ0) is 15.6. The number of halogens is 2. The Kier molecular flexibility index (Phi) is 5.47. The van der Waals surface area contributed by atoms with Crippen LogP contribution in [0.3, 0.4) is 0 Å². The third-order valence-electron chi connectivity index (χ3n) is 3.93. The van der Waals surface area contributed by atoms with Crippen molar-refractivity contribution in [3.05, 3.63) is 50.2 Å². The van der Waals surface area contributed by atoms with E-state index in [1.165, 1.54) is 11.1 Å². The minimum atomic E-state index is 0.208. The third-order valence-corrected chi connectivity index (χ3v) is 5.23. The largest absolute Gasteiger partial charge is 0.313 e. The van der Waals surface area contributed by atoms with Crippen LogP contribution in [0.1, 0.15) is 35.5 Å². The fourth-order valence-corrected chi connectivity index (χ4v) is 3.36. The maximum Gasteiger partial charge on any atom is 0.0850 e. The van der Waals surface area contributed by atoms with Crippen LogP contribution in [0.2, 0.25) is 5.02 Å². The molecule has 0 radical (unpaired) electrons. The number of aromatic nitrogens is 2. The van der Waals surface area contributed by atoms with E-state index in [1.807, 2.05) is 18.8 Å². The molecular formula is C16H21BrClN3. The molecule has 1 N–H and O–H groups in total. The quantitative estimate of drug-likeness (QED) is 0.854. The summed E-state index contributed by atoms with van der Waals surface area (Å²) in [6.45, 7) is 4.21. The van der Waals surface area contributed by atoms with Crippen LogP contribution in [-0.2, 0) is 19.9 Å². The fourth-order valence-electron chi connectivity index (χ4n) is 2.60. The summed E-state index contributed by atoms with van der Waals surface area (Å²) in [5, 5.41) is 8.69. The van der Waals surface area contributed by atoms with Gasteiger partial charge in [0.2, 0.25) is 0 Å². The fraction of sp³-hybridized carbons (Fsp3) is 0.438. The topological polar surface area (TPSA) is 29.9 Å². The van der Waals surface area contributed by atoms with Crippen molar-refractivity contribution in [1.29, 1.82) is 0 Å². The van der Waals surface area contributed by atoms with E-state index in [4.69, 9.17) is 11.6 Å². The minimum Gasteiger partial charge on any atom is -0.313 e. The van der Waals surface area contributed by atoms with Crippen LogP contribution in [-0.4, -0.2) is 16.8 Å². The second-order valence-electron chi connectivity index (χ2n) is 5.18. The first-order chi connectivity index (χ1) is 9.99. The van der Waals surface area contributed by atoms with Crippen molar-refractivity contribution in [2.24, 2.45) is 7.05 Å². The van der Waals surface area contributed by atoms with Gasteiger partial charge in [-0.05, 0) is 37.6 Å². The lowest BCUT2D eigenvalue weighted by atomic mass is 9.97. The van der Waals surface area contributed by atoms with E-state index in [2.05, 4.69) is 58.4 Å². The van der Waals surface area contributed by atoms with Gasteiger partial charge in [-0.1, -0.05) is 46.6 Å². The number of hydrogen-bond acceptors (Lipinski definition) is 2. The highest BCUT2D eigenvalue weighted by atomic mass is 79.9. The number of likely N-dealkylation sites (N-methyl/N-ethyl adjacent to an activating group) is 1.